The number of amides is 1. The van der Waals surface area contributed by atoms with Gasteiger partial charge in [-0.25, -0.2) is 5.43 Å². The molecule has 27 heavy (non-hydrogen) atoms. The summed E-state index contributed by atoms with van der Waals surface area (Å²) >= 11 is 0. The van der Waals surface area contributed by atoms with E-state index in [2.05, 4.69) is 22.4 Å². The van der Waals surface area contributed by atoms with E-state index in [1.54, 1.807) is 19.2 Å². The monoisotopic (exact) mass is 365 g/mol. The largest absolute Gasteiger partial charge is 0.497 e. The van der Waals surface area contributed by atoms with Crippen LogP contribution in [-0.4, -0.2) is 44.3 Å². The summed E-state index contributed by atoms with van der Waals surface area (Å²) in [5.41, 5.74) is 5.10. The number of hydrogen-bond donors (Lipinski definition) is 1. The number of carbonyl (C=O) groups excluding carboxylic acids is 1. The predicted octanol–water partition coefficient (Wildman–Crippen LogP) is 3.69. The lowest BCUT2D eigenvalue weighted by Crippen LogP contribution is -2.27. The summed E-state index contributed by atoms with van der Waals surface area (Å²) in [7, 11) is 5.68. The number of rotatable bonds is 8. The summed E-state index contributed by atoms with van der Waals surface area (Å²) in [6.07, 6.45) is 3.93. The van der Waals surface area contributed by atoms with Crippen LogP contribution in [-0.2, 0) is 0 Å². The molecule has 0 aliphatic heterocycles. The second-order valence-electron chi connectivity index (χ2n) is 6.61. The van der Waals surface area contributed by atoms with E-state index in [0.717, 1.165) is 23.6 Å². The summed E-state index contributed by atoms with van der Waals surface area (Å²) in [5.74, 6) is 0.755. The Morgan fingerprint density at radius 1 is 1.15 bits per heavy atom. The number of ether oxygens (including phenoxy) is 1. The minimum absolute atomic E-state index is 0.158. The van der Waals surface area contributed by atoms with Crippen molar-refractivity contribution in [2.75, 3.05) is 27.7 Å². The van der Waals surface area contributed by atoms with Crippen molar-refractivity contribution in [1.29, 1.82) is 0 Å². The number of hydrogen-bond acceptors (Lipinski definition) is 4. The van der Waals surface area contributed by atoms with Gasteiger partial charge in [-0.1, -0.05) is 43.3 Å². The van der Waals surface area contributed by atoms with Gasteiger partial charge in [-0.15, -0.1) is 0 Å². The minimum Gasteiger partial charge on any atom is -0.497 e. The highest BCUT2D eigenvalue weighted by Crippen LogP contribution is 2.13. The molecule has 0 fully saturated rings. The van der Waals surface area contributed by atoms with E-state index >= 15 is 0 Å². The Labute approximate surface area is 161 Å². The molecular formula is C22H27N3O2. The Bertz CT molecular complexity index is 781. The molecule has 2 rings (SSSR count). The predicted molar refractivity (Wildman–Crippen MR) is 111 cm³/mol. The van der Waals surface area contributed by atoms with Gasteiger partial charge >= 0.3 is 0 Å². The maximum atomic E-state index is 12.3. The number of benzene rings is 2. The van der Waals surface area contributed by atoms with Crippen LogP contribution in [0.5, 0.6) is 5.75 Å². The van der Waals surface area contributed by atoms with Gasteiger partial charge in [0.2, 0.25) is 0 Å². The standard InChI is InChI=1S/C22H27N3O2/c1-17(16-25(2)3)21(15-12-18-10-13-20(27-4)14-11-18)23-24-22(26)19-8-6-5-7-9-19/h5-15,17H,16H2,1-4H3,(H,24,26)/b15-12+,23-21+/t17-/m0/s1. The molecule has 0 aliphatic carbocycles. The van der Waals surface area contributed by atoms with E-state index in [1.165, 1.54) is 0 Å². The minimum atomic E-state index is -0.219. The number of methoxy groups -OCH3 is 1. The first-order valence-electron chi connectivity index (χ1n) is 8.89. The topological polar surface area (TPSA) is 53.9 Å². The van der Waals surface area contributed by atoms with Crippen LogP contribution in [0, 0.1) is 5.92 Å². The van der Waals surface area contributed by atoms with Gasteiger partial charge in [0.05, 0.1) is 12.8 Å². The molecule has 5 heteroatoms. The van der Waals surface area contributed by atoms with Gasteiger partial charge < -0.3 is 9.64 Å². The highest BCUT2D eigenvalue weighted by Gasteiger charge is 2.11. The van der Waals surface area contributed by atoms with E-state index in [9.17, 15) is 4.79 Å². The molecule has 0 unspecified atom stereocenters. The quantitative estimate of drug-likeness (QED) is 0.573. The van der Waals surface area contributed by atoms with Crippen molar-refractivity contribution in [3.63, 3.8) is 0 Å². The van der Waals surface area contributed by atoms with Crippen LogP contribution in [0.3, 0.4) is 0 Å². The van der Waals surface area contributed by atoms with Crippen LogP contribution in [0.25, 0.3) is 6.08 Å². The lowest BCUT2D eigenvalue weighted by molar-refractivity contribution is 0.0954. The normalized spacial score (nSPS) is 13.0. The number of nitrogens with zero attached hydrogens (tertiary/aromatic N) is 2. The molecule has 0 saturated heterocycles. The molecule has 0 spiro atoms. The lowest BCUT2D eigenvalue weighted by Gasteiger charge is -2.17. The van der Waals surface area contributed by atoms with E-state index < -0.39 is 0 Å². The van der Waals surface area contributed by atoms with Crippen molar-refractivity contribution < 1.29 is 9.53 Å². The molecule has 0 bridgehead atoms. The molecule has 0 heterocycles. The van der Waals surface area contributed by atoms with Crippen molar-refractivity contribution >= 4 is 17.7 Å². The molecule has 0 saturated carbocycles. The van der Waals surface area contributed by atoms with Crippen molar-refractivity contribution in [2.24, 2.45) is 11.0 Å². The molecule has 142 valence electrons. The average molecular weight is 365 g/mol. The van der Waals surface area contributed by atoms with E-state index in [-0.39, 0.29) is 11.8 Å². The van der Waals surface area contributed by atoms with Crippen molar-refractivity contribution in [3.8, 4) is 5.75 Å². The second kappa shape index (κ2) is 10.3. The van der Waals surface area contributed by atoms with Gasteiger partial charge in [0, 0.05) is 18.0 Å². The number of hydrazone groups is 1. The van der Waals surface area contributed by atoms with Crippen molar-refractivity contribution in [3.05, 3.63) is 71.8 Å². The SMILES string of the molecule is COc1ccc(/C=C/C(=N\NC(=O)c2ccccc2)[C@@H](C)CN(C)C)cc1. The Hall–Kier alpha value is -2.92. The summed E-state index contributed by atoms with van der Waals surface area (Å²) in [6.45, 7) is 2.92. The maximum absolute atomic E-state index is 12.3. The molecule has 0 radical (unpaired) electrons. The fraction of sp³-hybridized carbons (Fsp3) is 0.273. The zero-order valence-electron chi connectivity index (χ0n) is 16.3. The number of carbonyl (C=O) groups is 1. The van der Waals surface area contributed by atoms with Gasteiger partial charge in [-0.2, -0.15) is 5.10 Å². The smallest absolute Gasteiger partial charge is 0.271 e. The van der Waals surface area contributed by atoms with Gasteiger partial charge in [-0.3, -0.25) is 4.79 Å². The molecule has 0 aliphatic rings. The van der Waals surface area contributed by atoms with Crippen molar-refractivity contribution in [2.45, 2.75) is 6.92 Å². The third kappa shape index (κ3) is 6.72. The first kappa shape index (κ1) is 20.4. The van der Waals surface area contributed by atoms with Gasteiger partial charge in [-0.05, 0) is 50.0 Å². The fourth-order valence-corrected chi connectivity index (χ4v) is 2.62. The van der Waals surface area contributed by atoms with E-state index in [0.29, 0.717) is 5.56 Å². The summed E-state index contributed by atoms with van der Waals surface area (Å²) in [4.78, 5) is 14.4. The van der Waals surface area contributed by atoms with Crippen LogP contribution in [0.4, 0.5) is 0 Å². The first-order chi connectivity index (χ1) is 13.0. The zero-order valence-corrected chi connectivity index (χ0v) is 16.3. The molecule has 2 aromatic carbocycles. The van der Waals surface area contributed by atoms with Crippen LogP contribution in [0.1, 0.15) is 22.8 Å². The van der Waals surface area contributed by atoms with E-state index in [4.69, 9.17) is 4.74 Å². The van der Waals surface area contributed by atoms with Gasteiger partial charge in [0.1, 0.15) is 5.75 Å². The van der Waals surface area contributed by atoms with Crippen LogP contribution < -0.4 is 10.2 Å². The molecule has 1 N–H and O–H groups in total. The molecule has 1 amide bonds. The zero-order chi connectivity index (χ0) is 19.6. The average Bonchev–Trinajstić information content (AvgIpc) is 2.68. The van der Waals surface area contributed by atoms with Crippen LogP contribution in [0.2, 0.25) is 0 Å². The molecule has 0 aromatic heterocycles. The van der Waals surface area contributed by atoms with Crippen LogP contribution >= 0.6 is 0 Å². The summed E-state index contributed by atoms with van der Waals surface area (Å²) in [6, 6.07) is 16.9. The summed E-state index contributed by atoms with van der Waals surface area (Å²) < 4.78 is 5.18. The maximum Gasteiger partial charge on any atom is 0.271 e. The number of nitrogens with one attached hydrogen (secondary N) is 1. The molecular weight excluding hydrogens is 338 g/mol. The Balaban J connectivity index is 2.16. The van der Waals surface area contributed by atoms with Crippen molar-refractivity contribution in [1.82, 2.24) is 10.3 Å². The second-order valence-corrected chi connectivity index (χ2v) is 6.61. The van der Waals surface area contributed by atoms with E-state index in [1.807, 2.05) is 68.7 Å². The Morgan fingerprint density at radius 2 is 1.81 bits per heavy atom. The third-order valence-corrected chi connectivity index (χ3v) is 4.03. The lowest BCUT2D eigenvalue weighted by atomic mass is 10.0. The fourth-order valence-electron chi connectivity index (χ4n) is 2.62. The highest BCUT2D eigenvalue weighted by molar-refractivity contribution is 6.01. The summed E-state index contributed by atoms with van der Waals surface area (Å²) in [5, 5.41) is 4.38. The first-order valence-corrected chi connectivity index (χ1v) is 8.89. The molecule has 5 nitrogen and oxygen atoms in total. The van der Waals surface area contributed by atoms with Gasteiger partial charge in [0.25, 0.3) is 5.91 Å². The third-order valence-electron chi connectivity index (χ3n) is 4.03. The van der Waals surface area contributed by atoms with Crippen LogP contribution in [0.15, 0.2) is 65.8 Å². The Morgan fingerprint density at radius 3 is 2.41 bits per heavy atom. The Kier molecular flexibility index (Phi) is 7.77. The van der Waals surface area contributed by atoms with Gasteiger partial charge in [0.15, 0.2) is 0 Å². The molecule has 2 aromatic rings. The number of allylic oxidation sites excluding steroid dienone is 1. The highest BCUT2D eigenvalue weighted by atomic mass is 16.5. The molecule has 1 atom stereocenters.